The molecule has 0 saturated carbocycles. The average molecular weight is 734 g/mol. The maximum absolute atomic E-state index is 6.85. The Morgan fingerprint density at radius 2 is 0.911 bits per heavy atom. The van der Waals surface area contributed by atoms with Crippen LogP contribution in [0.3, 0.4) is 0 Å². The third-order valence-electron chi connectivity index (χ3n) is 10.5. The molecule has 0 aliphatic carbocycles. The summed E-state index contributed by atoms with van der Waals surface area (Å²) in [5.41, 5.74) is 11.4. The van der Waals surface area contributed by atoms with Crippen molar-refractivity contribution in [2.75, 3.05) is 0 Å². The Morgan fingerprint density at radius 1 is 0.339 bits per heavy atom. The number of benzene rings is 8. The number of aromatic nitrogens is 3. The number of furan rings is 1. The Balaban J connectivity index is 1.06. The van der Waals surface area contributed by atoms with E-state index in [1.165, 1.54) is 36.9 Å². The van der Waals surface area contributed by atoms with Gasteiger partial charge in [-0.15, -0.1) is 11.3 Å². The second-order valence-electron chi connectivity index (χ2n) is 13.9. The minimum absolute atomic E-state index is 0.623. The van der Waals surface area contributed by atoms with Gasteiger partial charge >= 0.3 is 0 Å². The van der Waals surface area contributed by atoms with Crippen molar-refractivity contribution in [1.82, 2.24) is 15.0 Å². The van der Waals surface area contributed by atoms with Crippen molar-refractivity contribution in [2.24, 2.45) is 0 Å². The van der Waals surface area contributed by atoms with Crippen LogP contribution in [0.5, 0.6) is 0 Å². The lowest BCUT2D eigenvalue weighted by Crippen LogP contribution is -2.00. The van der Waals surface area contributed by atoms with Crippen molar-refractivity contribution in [1.29, 1.82) is 0 Å². The predicted octanol–water partition coefficient (Wildman–Crippen LogP) is 14.1. The summed E-state index contributed by atoms with van der Waals surface area (Å²) in [5, 5.41) is 4.68. The summed E-state index contributed by atoms with van der Waals surface area (Å²) in [4.78, 5) is 14.9. The standard InChI is InChI=1S/C51H31N3OS/c1-4-14-32(15-5-1)35-28-29-44-42(31-35)47-39(23-13-27-45(47)56-44)40-24-11-25-41-46-38(22-12-26-43(46)55-48(40)41)36-20-10-21-37(30-36)51-53-49(33-16-6-2-7-17-33)52-50(54-51)34-18-8-3-9-19-34/h1-31H. The van der Waals surface area contributed by atoms with Gasteiger partial charge in [-0.1, -0.05) is 158 Å². The van der Waals surface area contributed by atoms with Crippen LogP contribution in [0, 0.1) is 0 Å². The van der Waals surface area contributed by atoms with E-state index in [4.69, 9.17) is 19.4 Å². The SMILES string of the molecule is c1ccc(-c2ccc3sc4cccc(-c5cccc6c5oc5cccc(-c7cccc(-c8nc(-c9ccccc9)nc(-c9ccccc9)n8)c7)c56)c4c3c2)cc1. The van der Waals surface area contributed by atoms with Crippen LogP contribution in [0.4, 0.5) is 0 Å². The van der Waals surface area contributed by atoms with Crippen LogP contribution in [0.15, 0.2) is 192 Å². The molecule has 3 heterocycles. The maximum atomic E-state index is 6.85. The van der Waals surface area contributed by atoms with Crippen molar-refractivity contribution in [3.8, 4) is 67.5 Å². The fourth-order valence-electron chi connectivity index (χ4n) is 7.93. The Hall–Kier alpha value is -7.21. The van der Waals surface area contributed by atoms with Gasteiger partial charge in [0.1, 0.15) is 11.2 Å². The van der Waals surface area contributed by atoms with E-state index >= 15 is 0 Å². The first-order chi connectivity index (χ1) is 27.7. The number of fused-ring (bicyclic) bond motifs is 6. The van der Waals surface area contributed by atoms with Crippen molar-refractivity contribution in [3.63, 3.8) is 0 Å². The number of nitrogens with zero attached hydrogens (tertiary/aromatic N) is 3. The van der Waals surface area contributed by atoms with Crippen LogP contribution in [-0.2, 0) is 0 Å². The van der Waals surface area contributed by atoms with Crippen LogP contribution in [0.2, 0.25) is 0 Å². The zero-order valence-corrected chi connectivity index (χ0v) is 30.9. The fraction of sp³-hybridized carbons (Fsp3) is 0. The van der Waals surface area contributed by atoms with Crippen LogP contribution in [-0.4, -0.2) is 15.0 Å². The summed E-state index contributed by atoms with van der Waals surface area (Å²) in [6, 6.07) is 65.6. The van der Waals surface area contributed by atoms with Crippen molar-refractivity contribution >= 4 is 53.4 Å². The number of para-hydroxylation sites is 1. The topological polar surface area (TPSA) is 51.8 Å². The normalized spacial score (nSPS) is 11.6. The highest BCUT2D eigenvalue weighted by Gasteiger charge is 2.20. The van der Waals surface area contributed by atoms with Gasteiger partial charge in [-0.3, -0.25) is 0 Å². The molecule has 0 spiro atoms. The second kappa shape index (κ2) is 13.3. The lowest BCUT2D eigenvalue weighted by Gasteiger charge is -2.10. The molecule has 0 fully saturated rings. The summed E-state index contributed by atoms with van der Waals surface area (Å²) >= 11 is 1.84. The molecule has 8 aromatic carbocycles. The predicted molar refractivity (Wildman–Crippen MR) is 233 cm³/mol. The Morgan fingerprint density at radius 3 is 1.64 bits per heavy atom. The molecule has 0 N–H and O–H groups in total. The van der Waals surface area contributed by atoms with Gasteiger partial charge in [0.15, 0.2) is 17.5 Å². The van der Waals surface area contributed by atoms with Crippen LogP contribution < -0.4 is 0 Å². The molecule has 56 heavy (non-hydrogen) atoms. The fourth-order valence-corrected chi connectivity index (χ4v) is 9.04. The summed E-state index contributed by atoms with van der Waals surface area (Å²) in [6.07, 6.45) is 0. The molecule has 0 radical (unpaired) electrons. The van der Waals surface area contributed by atoms with Crippen molar-refractivity contribution in [3.05, 3.63) is 188 Å². The highest BCUT2D eigenvalue weighted by molar-refractivity contribution is 7.26. The van der Waals surface area contributed by atoms with E-state index in [2.05, 4.69) is 127 Å². The molecule has 5 heteroatoms. The molecule has 262 valence electrons. The number of hydrogen-bond donors (Lipinski definition) is 0. The zero-order valence-electron chi connectivity index (χ0n) is 30.1. The molecular formula is C51H31N3OS. The lowest BCUT2D eigenvalue weighted by atomic mass is 9.94. The van der Waals surface area contributed by atoms with Crippen LogP contribution in [0.1, 0.15) is 0 Å². The molecule has 0 aliphatic heterocycles. The molecular weight excluding hydrogens is 703 g/mol. The first-order valence-electron chi connectivity index (χ1n) is 18.7. The van der Waals surface area contributed by atoms with Gasteiger partial charge in [-0.2, -0.15) is 0 Å². The number of rotatable bonds is 6. The number of hydrogen-bond acceptors (Lipinski definition) is 5. The maximum Gasteiger partial charge on any atom is 0.164 e. The van der Waals surface area contributed by atoms with Crippen molar-refractivity contribution < 1.29 is 4.42 Å². The first kappa shape index (κ1) is 32.2. The summed E-state index contributed by atoms with van der Waals surface area (Å²) in [6.45, 7) is 0. The third-order valence-corrected chi connectivity index (χ3v) is 11.7. The summed E-state index contributed by atoms with van der Waals surface area (Å²) in [7, 11) is 0. The van der Waals surface area contributed by atoms with Crippen molar-refractivity contribution in [2.45, 2.75) is 0 Å². The average Bonchev–Trinajstić information content (AvgIpc) is 3.86. The molecule has 3 aromatic heterocycles. The van der Waals surface area contributed by atoms with E-state index in [1.54, 1.807) is 0 Å². The quantitative estimate of drug-likeness (QED) is 0.171. The highest BCUT2D eigenvalue weighted by atomic mass is 32.1. The molecule has 0 atom stereocenters. The van der Waals surface area contributed by atoms with Gasteiger partial charge in [-0.25, -0.2) is 15.0 Å². The molecule has 0 saturated heterocycles. The molecule has 0 bridgehead atoms. The van der Waals surface area contributed by atoms with Crippen LogP contribution in [0.25, 0.3) is 110 Å². The van der Waals surface area contributed by atoms with E-state index in [-0.39, 0.29) is 0 Å². The van der Waals surface area contributed by atoms with E-state index in [9.17, 15) is 0 Å². The van der Waals surface area contributed by atoms with Gasteiger partial charge in [0.05, 0.1) is 0 Å². The molecule has 0 unspecified atom stereocenters. The minimum Gasteiger partial charge on any atom is -0.455 e. The number of thiophene rings is 1. The van der Waals surface area contributed by atoms with E-state index in [0.29, 0.717) is 17.5 Å². The monoisotopic (exact) mass is 733 g/mol. The first-order valence-corrected chi connectivity index (χ1v) is 19.5. The molecule has 11 rings (SSSR count). The van der Waals surface area contributed by atoms with Gasteiger partial charge in [0.2, 0.25) is 0 Å². The molecule has 4 nitrogen and oxygen atoms in total. The van der Waals surface area contributed by atoms with Crippen LogP contribution >= 0.6 is 11.3 Å². The third kappa shape index (κ3) is 5.48. The minimum atomic E-state index is 0.623. The smallest absolute Gasteiger partial charge is 0.164 e. The summed E-state index contributed by atoms with van der Waals surface area (Å²) in [5.74, 6) is 1.90. The zero-order chi connectivity index (χ0) is 37.0. The Labute approximate surface area is 327 Å². The van der Waals surface area contributed by atoms with E-state index in [0.717, 1.165) is 55.3 Å². The lowest BCUT2D eigenvalue weighted by molar-refractivity contribution is 0.670. The van der Waals surface area contributed by atoms with Gasteiger partial charge in [-0.05, 0) is 58.1 Å². The largest absolute Gasteiger partial charge is 0.455 e. The van der Waals surface area contributed by atoms with Gasteiger partial charge in [0, 0.05) is 53.2 Å². The Kier molecular flexibility index (Phi) is 7.64. The van der Waals surface area contributed by atoms with Gasteiger partial charge in [0.25, 0.3) is 0 Å². The summed E-state index contributed by atoms with van der Waals surface area (Å²) < 4.78 is 9.38. The Bertz CT molecular complexity index is 3180. The second-order valence-corrected chi connectivity index (χ2v) is 15.0. The van der Waals surface area contributed by atoms with E-state index < -0.39 is 0 Å². The molecule has 11 aromatic rings. The van der Waals surface area contributed by atoms with Gasteiger partial charge < -0.3 is 4.42 Å². The molecule has 0 amide bonds. The molecule has 0 aliphatic rings. The highest BCUT2D eigenvalue weighted by Crippen LogP contribution is 2.46. The van der Waals surface area contributed by atoms with E-state index in [1.807, 2.05) is 72.0 Å².